The lowest BCUT2D eigenvalue weighted by Crippen LogP contribution is -2.45. The van der Waals surface area contributed by atoms with Crippen molar-refractivity contribution in [3.63, 3.8) is 0 Å². The summed E-state index contributed by atoms with van der Waals surface area (Å²) < 4.78 is 31.3. The number of rotatable bonds is 4. The van der Waals surface area contributed by atoms with E-state index >= 15 is 0 Å². The molecule has 0 bridgehead atoms. The van der Waals surface area contributed by atoms with Gasteiger partial charge in [0.15, 0.2) is 0 Å². The Morgan fingerprint density at radius 1 is 1.33 bits per heavy atom. The summed E-state index contributed by atoms with van der Waals surface area (Å²) in [5.74, 6) is 0.170. The average molecular weight is 269 g/mol. The first kappa shape index (κ1) is 13.5. The lowest BCUT2D eigenvalue weighted by molar-refractivity contribution is 0.0102. The topological polar surface area (TPSA) is 46.6 Å². The molecule has 1 aromatic carbocycles. The van der Waals surface area contributed by atoms with Crippen molar-refractivity contribution in [3.8, 4) is 0 Å². The number of sulfonamides is 1. The van der Waals surface area contributed by atoms with Crippen molar-refractivity contribution in [1.82, 2.24) is 4.31 Å². The minimum atomic E-state index is -3.16. The van der Waals surface area contributed by atoms with Gasteiger partial charge in [-0.3, -0.25) is 0 Å². The lowest BCUT2D eigenvalue weighted by Gasteiger charge is -2.30. The largest absolute Gasteiger partial charge is 0.376 e. The van der Waals surface area contributed by atoms with E-state index in [1.807, 2.05) is 37.3 Å². The van der Waals surface area contributed by atoms with Crippen molar-refractivity contribution in [1.29, 1.82) is 0 Å². The van der Waals surface area contributed by atoms with Crippen LogP contribution < -0.4 is 0 Å². The normalized spacial score (nSPS) is 21.9. The van der Waals surface area contributed by atoms with E-state index in [1.165, 1.54) is 0 Å². The number of hydrogen-bond acceptors (Lipinski definition) is 3. The number of nitrogens with zero attached hydrogens (tertiary/aromatic N) is 1. The molecule has 2 rings (SSSR count). The summed E-state index contributed by atoms with van der Waals surface area (Å²) in [6.07, 6.45) is 0.555. The first-order valence-corrected chi connectivity index (χ1v) is 7.82. The molecule has 1 atom stereocenters. The lowest BCUT2D eigenvalue weighted by atomic mass is 10.2. The van der Waals surface area contributed by atoms with Crippen molar-refractivity contribution in [2.75, 3.05) is 25.4 Å². The molecule has 1 aliphatic rings. The second-order valence-electron chi connectivity index (χ2n) is 4.59. The quantitative estimate of drug-likeness (QED) is 0.827. The second kappa shape index (κ2) is 5.82. The van der Waals surface area contributed by atoms with Crippen molar-refractivity contribution in [2.45, 2.75) is 19.4 Å². The van der Waals surface area contributed by atoms with Gasteiger partial charge in [0.1, 0.15) is 0 Å². The Balaban J connectivity index is 1.95. The zero-order valence-electron chi connectivity index (χ0n) is 10.6. The number of benzene rings is 1. The smallest absolute Gasteiger partial charge is 0.214 e. The maximum absolute atomic E-state index is 12.2. The molecule has 1 saturated heterocycles. The summed E-state index contributed by atoms with van der Waals surface area (Å²) in [7, 11) is -3.16. The summed E-state index contributed by atoms with van der Waals surface area (Å²) >= 11 is 0. The van der Waals surface area contributed by atoms with Gasteiger partial charge in [0.2, 0.25) is 10.0 Å². The molecule has 0 aromatic heterocycles. The molecule has 1 fully saturated rings. The summed E-state index contributed by atoms with van der Waals surface area (Å²) in [4.78, 5) is 0. The van der Waals surface area contributed by atoms with E-state index in [-0.39, 0.29) is 11.9 Å². The zero-order valence-corrected chi connectivity index (χ0v) is 11.4. The molecular formula is C13H19NO3S. The summed E-state index contributed by atoms with van der Waals surface area (Å²) in [5, 5.41) is 0. The van der Waals surface area contributed by atoms with Crippen LogP contribution in [0.2, 0.25) is 0 Å². The Kier molecular flexibility index (Phi) is 4.37. The molecule has 0 saturated carbocycles. The molecule has 18 heavy (non-hydrogen) atoms. The van der Waals surface area contributed by atoms with Gasteiger partial charge in [-0.05, 0) is 18.9 Å². The highest BCUT2D eigenvalue weighted by atomic mass is 32.2. The Morgan fingerprint density at radius 3 is 2.72 bits per heavy atom. The Morgan fingerprint density at radius 2 is 2.06 bits per heavy atom. The minimum Gasteiger partial charge on any atom is -0.376 e. The molecule has 4 nitrogen and oxygen atoms in total. The molecular weight excluding hydrogens is 250 g/mol. The Hall–Kier alpha value is -0.910. The van der Waals surface area contributed by atoms with E-state index in [9.17, 15) is 8.42 Å². The van der Waals surface area contributed by atoms with Gasteiger partial charge in [0.25, 0.3) is 0 Å². The molecule has 1 aliphatic heterocycles. The van der Waals surface area contributed by atoms with Crippen LogP contribution in [0.4, 0.5) is 0 Å². The molecule has 100 valence electrons. The molecule has 0 aliphatic carbocycles. The van der Waals surface area contributed by atoms with Crippen LogP contribution in [0.3, 0.4) is 0 Å². The van der Waals surface area contributed by atoms with E-state index in [4.69, 9.17) is 4.74 Å². The fourth-order valence-electron chi connectivity index (χ4n) is 2.06. The standard InChI is InChI=1S/C13H19NO3S/c1-12-11-14(8-9-17-12)18(15,16)10-7-13-5-3-2-4-6-13/h2-6,12H,7-11H2,1H3. The van der Waals surface area contributed by atoms with Crippen molar-refractivity contribution < 1.29 is 13.2 Å². The van der Waals surface area contributed by atoms with Gasteiger partial charge in [-0.1, -0.05) is 30.3 Å². The summed E-state index contributed by atoms with van der Waals surface area (Å²) in [5.41, 5.74) is 1.06. The highest BCUT2D eigenvalue weighted by Crippen LogP contribution is 2.12. The molecule has 0 N–H and O–H groups in total. The van der Waals surface area contributed by atoms with Gasteiger partial charge in [0, 0.05) is 13.1 Å². The zero-order chi connectivity index (χ0) is 13.0. The molecule has 1 unspecified atom stereocenters. The predicted molar refractivity (Wildman–Crippen MR) is 70.9 cm³/mol. The van der Waals surface area contributed by atoms with Gasteiger partial charge in [0.05, 0.1) is 18.5 Å². The van der Waals surface area contributed by atoms with E-state index in [1.54, 1.807) is 4.31 Å². The van der Waals surface area contributed by atoms with Crippen LogP contribution in [0.1, 0.15) is 12.5 Å². The van der Waals surface area contributed by atoms with Gasteiger partial charge in [-0.2, -0.15) is 4.31 Å². The van der Waals surface area contributed by atoms with Crippen LogP contribution in [0, 0.1) is 0 Å². The van der Waals surface area contributed by atoms with Gasteiger partial charge < -0.3 is 4.74 Å². The third-order valence-corrected chi connectivity index (χ3v) is 4.93. The predicted octanol–water partition coefficient (Wildman–Crippen LogP) is 1.28. The molecule has 1 heterocycles. The fourth-order valence-corrected chi connectivity index (χ4v) is 3.60. The summed E-state index contributed by atoms with van der Waals surface area (Å²) in [6.45, 7) is 3.34. The molecule has 0 spiro atoms. The van der Waals surface area contributed by atoms with Crippen LogP contribution in [0.15, 0.2) is 30.3 Å². The van der Waals surface area contributed by atoms with Crippen molar-refractivity contribution in [2.24, 2.45) is 0 Å². The maximum Gasteiger partial charge on any atom is 0.214 e. The van der Waals surface area contributed by atoms with Crippen molar-refractivity contribution >= 4 is 10.0 Å². The monoisotopic (exact) mass is 269 g/mol. The van der Waals surface area contributed by atoms with Gasteiger partial charge in [-0.15, -0.1) is 0 Å². The summed E-state index contributed by atoms with van der Waals surface area (Å²) in [6, 6.07) is 9.70. The number of morpholine rings is 1. The molecule has 0 radical (unpaired) electrons. The van der Waals surface area contributed by atoms with E-state index < -0.39 is 10.0 Å². The molecule has 5 heteroatoms. The van der Waals surface area contributed by atoms with Crippen LogP contribution in [0.25, 0.3) is 0 Å². The number of hydrogen-bond donors (Lipinski definition) is 0. The fraction of sp³-hybridized carbons (Fsp3) is 0.538. The first-order chi connectivity index (χ1) is 8.58. The Labute approximate surface area is 109 Å². The van der Waals surface area contributed by atoms with E-state index in [0.717, 1.165) is 5.56 Å². The van der Waals surface area contributed by atoms with Crippen LogP contribution in [0.5, 0.6) is 0 Å². The van der Waals surface area contributed by atoms with Gasteiger partial charge >= 0.3 is 0 Å². The maximum atomic E-state index is 12.2. The highest BCUT2D eigenvalue weighted by Gasteiger charge is 2.26. The van der Waals surface area contributed by atoms with Crippen LogP contribution in [-0.4, -0.2) is 44.3 Å². The van der Waals surface area contributed by atoms with Gasteiger partial charge in [-0.25, -0.2) is 8.42 Å². The SMILES string of the molecule is CC1CN(S(=O)(=O)CCc2ccccc2)CCO1. The van der Waals surface area contributed by atoms with E-state index in [0.29, 0.717) is 26.1 Å². The third kappa shape index (κ3) is 3.54. The van der Waals surface area contributed by atoms with Crippen LogP contribution >= 0.6 is 0 Å². The Bertz CT molecular complexity index is 472. The van der Waals surface area contributed by atoms with Crippen molar-refractivity contribution in [3.05, 3.63) is 35.9 Å². The molecule has 1 aromatic rings. The second-order valence-corrected chi connectivity index (χ2v) is 6.68. The molecule has 0 amide bonds. The van der Waals surface area contributed by atoms with Crippen LogP contribution in [-0.2, 0) is 21.2 Å². The number of aryl methyl sites for hydroxylation is 1. The number of ether oxygens (including phenoxy) is 1. The minimum absolute atomic E-state index is 0.00903. The van der Waals surface area contributed by atoms with E-state index in [2.05, 4.69) is 0 Å². The average Bonchev–Trinajstić information content (AvgIpc) is 2.38. The third-order valence-electron chi connectivity index (χ3n) is 3.09. The first-order valence-electron chi connectivity index (χ1n) is 6.21. The highest BCUT2D eigenvalue weighted by molar-refractivity contribution is 7.89.